The molecule has 0 aromatic carbocycles. The first-order valence-corrected chi connectivity index (χ1v) is 3.34. The molecule has 0 heterocycles. The smallest absolute Gasteiger partial charge is 0.00390 e. The van der Waals surface area contributed by atoms with Gasteiger partial charge >= 0.3 is 0 Å². The molecule has 0 radical (unpaired) electrons. The largest absolute Gasteiger partial charge is 0.179 e. The Labute approximate surface area is 46.5 Å². The van der Waals surface area contributed by atoms with Crippen LogP contribution in [-0.2, 0) is 0 Å². The van der Waals surface area contributed by atoms with E-state index in [2.05, 4.69) is 28.6 Å². The molecule has 0 bridgehead atoms. The van der Waals surface area contributed by atoms with E-state index >= 15 is 0 Å². The van der Waals surface area contributed by atoms with Gasteiger partial charge in [-0.05, 0) is 12.2 Å². The zero-order chi connectivity index (χ0) is 4.12. The van der Waals surface area contributed by atoms with Crippen LogP contribution in [0.1, 0.15) is 6.42 Å². The van der Waals surface area contributed by atoms with Crippen molar-refractivity contribution >= 4 is 28.6 Å². The molecule has 0 unspecified atom stereocenters. The van der Waals surface area contributed by atoms with Gasteiger partial charge in [0.1, 0.15) is 0 Å². The summed E-state index contributed by atoms with van der Waals surface area (Å²) in [5.74, 6) is 0.991. The second-order valence-electron chi connectivity index (χ2n) is 0.766. The van der Waals surface area contributed by atoms with Gasteiger partial charge in [-0.2, -0.15) is 12.6 Å². The van der Waals surface area contributed by atoms with Crippen LogP contribution in [-0.4, -0.2) is 11.1 Å². The van der Waals surface area contributed by atoms with Crippen molar-refractivity contribution in [3.05, 3.63) is 0 Å². The first kappa shape index (κ1) is 5.83. The fourth-order valence-electron chi connectivity index (χ4n) is 0.0598. The van der Waals surface area contributed by atoms with Gasteiger partial charge in [-0.1, -0.05) is 15.9 Å². The molecular formula is C3H7BrS. The summed E-state index contributed by atoms with van der Waals surface area (Å²) in [6.45, 7) is 0. The van der Waals surface area contributed by atoms with Crippen LogP contribution in [0.15, 0.2) is 0 Å². The highest BCUT2D eigenvalue weighted by Gasteiger charge is 1.70. The Bertz CT molecular complexity index is 14.4. The average Bonchev–Trinajstić information content (AvgIpc) is 1.41. The third-order valence-electron chi connectivity index (χ3n) is 0.292. The molecule has 0 aromatic rings. The minimum atomic E-state index is 0.991. The van der Waals surface area contributed by atoms with Gasteiger partial charge in [0, 0.05) is 5.33 Å². The molecule has 0 aliphatic heterocycles. The monoisotopic (exact) mass is 154 g/mol. The normalized spacial score (nSPS) is 8.40. The summed E-state index contributed by atoms with van der Waals surface area (Å²) in [5.41, 5.74) is 0. The quantitative estimate of drug-likeness (QED) is 0.455. The van der Waals surface area contributed by atoms with Crippen molar-refractivity contribution in [1.29, 1.82) is 0 Å². The summed E-state index contributed by atoms with van der Waals surface area (Å²) < 4.78 is 0. The Morgan fingerprint density at radius 2 is 2.20 bits per heavy atom. The second kappa shape index (κ2) is 4.83. The number of thiol groups is 1. The lowest BCUT2D eigenvalue weighted by Crippen LogP contribution is -1.70. The van der Waals surface area contributed by atoms with Crippen LogP contribution in [0.2, 0.25) is 0 Å². The zero-order valence-corrected chi connectivity index (χ0v) is 5.43. The van der Waals surface area contributed by atoms with Crippen molar-refractivity contribution in [1.82, 2.24) is 0 Å². The van der Waals surface area contributed by atoms with Crippen LogP contribution in [0.25, 0.3) is 0 Å². The summed E-state index contributed by atoms with van der Waals surface area (Å²) in [7, 11) is 0. The van der Waals surface area contributed by atoms with E-state index in [0.29, 0.717) is 0 Å². The van der Waals surface area contributed by atoms with E-state index < -0.39 is 0 Å². The molecular weight excluding hydrogens is 148 g/mol. The van der Waals surface area contributed by atoms with Gasteiger partial charge in [-0.3, -0.25) is 0 Å². The number of alkyl halides is 1. The van der Waals surface area contributed by atoms with E-state index in [-0.39, 0.29) is 0 Å². The van der Waals surface area contributed by atoms with Gasteiger partial charge in [0.25, 0.3) is 0 Å². The van der Waals surface area contributed by atoms with Crippen molar-refractivity contribution < 1.29 is 0 Å². The summed E-state index contributed by atoms with van der Waals surface area (Å²) in [6, 6.07) is 0. The number of rotatable bonds is 2. The number of hydrogen-bond acceptors (Lipinski definition) is 1. The lowest BCUT2D eigenvalue weighted by atomic mass is 10.6. The molecule has 0 nitrogen and oxygen atoms in total. The molecule has 0 N–H and O–H groups in total. The van der Waals surface area contributed by atoms with Gasteiger partial charge < -0.3 is 0 Å². The Morgan fingerprint density at radius 1 is 1.60 bits per heavy atom. The molecule has 2 heteroatoms. The Balaban J connectivity index is 2.19. The van der Waals surface area contributed by atoms with Crippen molar-refractivity contribution in [2.45, 2.75) is 6.42 Å². The van der Waals surface area contributed by atoms with Crippen LogP contribution in [0.4, 0.5) is 0 Å². The summed E-state index contributed by atoms with van der Waals surface area (Å²) in [5, 5.41) is 1.08. The maximum Gasteiger partial charge on any atom is 0.00390 e. The van der Waals surface area contributed by atoms with Crippen LogP contribution in [0, 0.1) is 0 Å². The molecule has 0 spiro atoms. The van der Waals surface area contributed by atoms with Crippen molar-refractivity contribution in [2.24, 2.45) is 0 Å². The molecule has 0 aromatic heterocycles. The first-order chi connectivity index (χ1) is 2.41. The van der Waals surface area contributed by atoms with E-state index in [9.17, 15) is 0 Å². The lowest BCUT2D eigenvalue weighted by Gasteiger charge is -1.77. The van der Waals surface area contributed by atoms with E-state index in [1.165, 1.54) is 6.42 Å². The van der Waals surface area contributed by atoms with E-state index in [0.717, 1.165) is 11.1 Å². The fourth-order valence-corrected chi connectivity index (χ4v) is 0.932. The maximum absolute atomic E-state index is 3.97. The van der Waals surface area contributed by atoms with Crippen LogP contribution in [0.3, 0.4) is 0 Å². The SMILES string of the molecule is SCCCBr. The second-order valence-corrected chi connectivity index (χ2v) is 2.01. The highest BCUT2D eigenvalue weighted by atomic mass is 79.9. The minimum absolute atomic E-state index is 0.991. The summed E-state index contributed by atoms with van der Waals surface area (Å²) in [6.07, 6.45) is 1.17. The van der Waals surface area contributed by atoms with Crippen LogP contribution >= 0.6 is 28.6 Å². The summed E-state index contributed by atoms with van der Waals surface area (Å²) >= 11 is 7.23. The van der Waals surface area contributed by atoms with Gasteiger partial charge in [0.2, 0.25) is 0 Å². The first-order valence-electron chi connectivity index (χ1n) is 1.58. The highest BCUT2D eigenvalue weighted by molar-refractivity contribution is 9.09. The Hall–Kier alpha value is 0.830. The maximum atomic E-state index is 3.97. The molecule has 0 rings (SSSR count). The Kier molecular flexibility index (Phi) is 5.63. The Morgan fingerprint density at radius 3 is 2.20 bits per heavy atom. The molecule has 0 saturated heterocycles. The minimum Gasteiger partial charge on any atom is -0.179 e. The van der Waals surface area contributed by atoms with E-state index in [1.54, 1.807) is 0 Å². The van der Waals surface area contributed by atoms with Crippen molar-refractivity contribution in [3.8, 4) is 0 Å². The molecule has 32 valence electrons. The standard InChI is InChI=1S/C3H7BrS/c4-2-1-3-5/h5H,1-3H2. The topological polar surface area (TPSA) is 0 Å². The number of hydrogen-bond donors (Lipinski definition) is 1. The molecule has 0 fully saturated rings. The molecule has 0 atom stereocenters. The third-order valence-corrected chi connectivity index (χ3v) is 1.17. The van der Waals surface area contributed by atoms with Gasteiger partial charge in [0.05, 0.1) is 0 Å². The molecule has 0 amide bonds. The molecule has 0 saturated carbocycles. The van der Waals surface area contributed by atoms with E-state index in [4.69, 9.17) is 0 Å². The van der Waals surface area contributed by atoms with Gasteiger partial charge in [-0.15, -0.1) is 0 Å². The van der Waals surface area contributed by atoms with Crippen molar-refractivity contribution in [2.75, 3.05) is 11.1 Å². The van der Waals surface area contributed by atoms with Crippen LogP contribution in [0.5, 0.6) is 0 Å². The van der Waals surface area contributed by atoms with Gasteiger partial charge in [0.15, 0.2) is 0 Å². The average molecular weight is 155 g/mol. The molecule has 0 aliphatic carbocycles. The predicted octanol–water partition coefficient (Wildman–Crippen LogP) is 1.70. The van der Waals surface area contributed by atoms with Crippen LogP contribution < -0.4 is 0 Å². The predicted molar refractivity (Wildman–Crippen MR) is 32.3 cm³/mol. The number of halogens is 1. The van der Waals surface area contributed by atoms with E-state index in [1.807, 2.05) is 0 Å². The molecule has 5 heavy (non-hydrogen) atoms. The van der Waals surface area contributed by atoms with Crippen molar-refractivity contribution in [3.63, 3.8) is 0 Å². The highest BCUT2D eigenvalue weighted by Crippen LogP contribution is 1.87. The fraction of sp³-hybridized carbons (Fsp3) is 1.00. The summed E-state index contributed by atoms with van der Waals surface area (Å²) in [4.78, 5) is 0. The lowest BCUT2D eigenvalue weighted by molar-refractivity contribution is 1.14. The molecule has 0 aliphatic rings. The third kappa shape index (κ3) is 4.83. The van der Waals surface area contributed by atoms with Gasteiger partial charge in [-0.25, -0.2) is 0 Å². The zero-order valence-electron chi connectivity index (χ0n) is 2.95.